The van der Waals surface area contributed by atoms with Gasteiger partial charge in [0.1, 0.15) is 5.82 Å². The van der Waals surface area contributed by atoms with Crippen LogP contribution in [0, 0.1) is 5.92 Å². The van der Waals surface area contributed by atoms with Crippen LogP contribution in [0.1, 0.15) is 42.8 Å². The molecule has 2 amide bonds. The van der Waals surface area contributed by atoms with E-state index >= 15 is 0 Å². The van der Waals surface area contributed by atoms with Crippen LogP contribution in [0.4, 0.5) is 4.79 Å². The summed E-state index contributed by atoms with van der Waals surface area (Å²) in [5, 5.41) is 13.6. The molecule has 7 heteroatoms. The van der Waals surface area contributed by atoms with E-state index in [9.17, 15) is 4.79 Å². The van der Waals surface area contributed by atoms with E-state index in [1.807, 2.05) is 11.4 Å². The Morgan fingerprint density at radius 1 is 1.48 bits per heavy atom. The van der Waals surface area contributed by atoms with Crippen LogP contribution in [0.5, 0.6) is 0 Å². The minimum Gasteiger partial charge on any atom is -0.330 e. The standard InChI is InChI=1S/C16H23N5OS/c1-11(2)15(12-6-5-9-23-12)17-16(22)20(3)10-14-19-18-13-7-4-8-21(13)14/h5-6,9,11,15H,4,7-8,10H2,1-3H3,(H,17,22). The maximum atomic E-state index is 12.5. The second-order valence-corrected chi connectivity index (χ2v) is 7.31. The molecule has 6 nitrogen and oxygen atoms in total. The van der Waals surface area contributed by atoms with Crippen LogP contribution in [-0.4, -0.2) is 32.7 Å². The van der Waals surface area contributed by atoms with Crippen LogP contribution < -0.4 is 5.32 Å². The number of carbonyl (C=O) groups excluding carboxylic acids is 1. The molecule has 3 heterocycles. The fraction of sp³-hybridized carbons (Fsp3) is 0.562. The lowest BCUT2D eigenvalue weighted by Gasteiger charge is -2.25. The van der Waals surface area contributed by atoms with Crippen LogP contribution in [0.2, 0.25) is 0 Å². The highest BCUT2D eigenvalue weighted by Crippen LogP contribution is 2.26. The van der Waals surface area contributed by atoms with Crippen molar-refractivity contribution in [2.75, 3.05) is 7.05 Å². The third-order valence-electron chi connectivity index (χ3n) is 4.21. The highest BCUT2D eigenvalue weighted by Gasteiger charge is 2.23. The summed E-state index contributed by atoms with van der Waals surface area (Å²) in [4.78, 5) is 15.4. The molecule has 0 aromatic carbocycles. The van der Waals surface area contributed by atoms with Crippen molar-refractivity contribution in [3.8, 4) is 0 Å². The van der Waals surface area contributed by atoms with Gasteiger partial charge < -0.3 is 14.8 Å². The summed E-state index contributed by atoms with van der Waals surface area (Å²) in [6, 6.07) is 4.05. The molecular formula is C16H23N5OS. The predicted molar refractivity (Wildman–Crippen MR) is 90.2 cm³/mol. The Bertz CT molecular complexity index is 664. The zero-order chi connectivity index (χ0) is 16.4. The fourth-order valence-corrected chi connectivity index (χ4v) is 3.84. The van der Waals surface area contributed by atoms with Gasteiger partial charge in [-0.3, -0.25) is 0 Å². The first kappa shape index (κ1) is 16.0. The molecule has 0 aliphatic carbocycles. The molecule has 0 saturated carbocycles. The zero-order valence-corrected chi connectivity index (χ0v) is 14.6. The summed E-state index contributed by atoms with van der Waals surface area (Å²) in [6.07, 6.45) is 2.10. The van der Waals surface area contributed by atoms with Gasteiger partial charge in [0.25, 0.3) is 0 Å². The molecule has 0 fully saturated rings. The summed E-state index contributed by atoms with van der Waals surface area (Å²) in [5.74, 6) is 2.24. The first-order chi connectivity index (χ1) is 11.1. The monoisotopic (exact) mass is 333 g/mol. The van der Waals surface area contributed by atoms with Gasteiger partial charge in [-0.2, -0.15) is 0 Å². The van der Waals surface area contributed by atoms with E-state index in [2.05, 4.69) is 40.0 Å². The van der Waals surface area contributed by atoms with Crippen molar-refractivity contribution in [1.82, 2.24) is 25.0 Å². The Hall–Kier alpha value is -1.89. The smallest absolute Gasteiger partial charge is 0.318 e. The van der Waals surface area contributed by atoms with Gasteiger partial charge in [0.2, 0.25) is 0 Å². The number of rotatable bonds is 5. The average Bonchev–Trinajstić information content (AvgIpc) is 3.23. The van der Waals surface area contributed by atoms with Gasteiger partial charge in [-0.1, -0.05) is 19.9 Å². The lowest BCUT2D eigenvalue weighted by atomic mass is 10.0. The molecule has 2 aromatic rings. The Morgan fingerprint density at radius 2 is 2.30 bits per heavy atom. The van der Waals surface area contributed by atoms with E-state index in [4.69, 9.17) is 0 Å². The van der Waals surface area contributed by atoms with Crippen molar-refractivity contribution < 1.29 is 4.79 Å². The molecule has 23 heavy (non-hydrogen) atoms. The van der Waals surface area contributed by atoms with Gasteiger partial charge >= 0.3 is 6.03 Å². The summed E-state index contributed by atoms with van der Waals surface area (Å²) < 4.78 is 2.13. The Labute approximate surface area is 140 Å². The Kier molecular flexibility index (Phi) is 4.66. The molecule has 1 unspecified atom stereocenters. The van der Waals surface area contributed by atoms with Crippen LogP contribution in [0.3, 0.4) is 0 Å². The van der Waals surface area contributed by atoms with E-state index in [1.54, 1.807) is 23.3 Å². The number of hydrogen-bond acceptors (Lipinski definition) is 4. The molecule has 3 rings (SSSR count). The minimum atomic E-state index is -0.0764. The fourth-order valence-electron chi connectivity index (χ4n) is 2.89. The van der Waals surface area contributed by atoms with Crippen LogP contribution in [-0.2, 0) is 19.5 Å². The molecule has 0 radical (unpaired) electrons. The zero-order valence-electron chi connectivity index (χ0n) is 13.8. The first-order valence-electron chi connectivity index (χ1n) is 8.02. The summed E-state index contributed by atoms with van der Waals surface area (Å²) in [7, 11) is 1.80. The van der Waals surface area contributed by atoms with Crippen molar-refractivity contribution in [1.29, 1.82) is 0 Å². The van der Waals surface area contributed by atoms with Crippen LogP contribution in [0.25, 0.3) is 0 Å². The highest BCUT2D eigenvalue weighted by molar-refractivity contribution is 7.10. The molecular weight excluding hydrogens is 310 g/mol. The third kappa shape index (κ3) is 3.39. The van der Waals surface area contributed by atoms with Crippen molar-refractivity contribution in [3.05, 3.63) is 34.0 Å². The number of aromatic nitrogens is 3. The largest absolute Gasteiger partial charge is 0.330 e. The molecule has 0 bridgehead atoms. The normalized spacial score (nSPS) is 14.8. The SMILES string of the molecule is CC(C)C(NC(=O)N(C)Cc1nnc2n1CCC2)c1cccs1. The van der Waals surface area contributed by atoms with E-state index in [0.717, 1.165) is 31.0 Å². The van der Waals surface area contributed by atoms with Crippen LogP contribution in [0.15, 0.2) is 17.5 Å². The van der Waals surface area contributed by atoms with Crippen molar-refractivity contribution in [2.24, 2.45) is 5.92 Å². The molecule has 0 saturated heterocycles. The highest BCUT2D eigenvalue weighted by atomic mass is 32.1. The van der Waals surface area contributed by atoms with Gasteiger partial charge in [-0.15, -0.1) is 21.5 Å². The van der Waals surface area contributed by atoms with Gasteiger partial charge in [0, 0.05) is 24.9 Å². The molecule has 124 valence electrons. The number of aryl methyl sites for hydroxylation is 1. The molecule has 1 atom stereocenters. The third-order valence-corrected chi connectivity index (χ3v) is 5.16. The number of urea groups is 1. The van der Waals surface area contributed by atoms with Crippen molar-refractivity contribution in [2.45, 2.75) is 45.8 Å². The van der Waals surface area contributed by atoms with Crippen molar-refractivity contribution >= 4 is 17.4 Å². The molecule has 0 spiro atoms. The van der Waals surface area contributed by atoms with E-state index in [1.165, 1.54) is 4.88 Å². The Balaban J connectivity index is 1.64. The van der Waals surface area contributed by atoms with E-state index in [-0.39, 0.29) is 12.1 Å². The number of nitrogens with zero attached hydrogens (tertiary/aromatic N) is 4. The molecule has 2 aromatic heterocycles. The lowest BCUT2D eigenvalue weighted by molar-refractivity contribution is 0.197. The molecule has 1 aliphatic heterocycles. The number of hydrogen-bond donors (Lipinski definition) is 1. The van der Waals surface area contributed by atoms with E-state index in [0.29, 0.717) is 12.5 Å². The maximum absolute atomic E-state index is 12.5. The minimum absolute atomic E-state index is 0.0362. The van der Waals surface area contributed by atoms with Gasteiger partial charge in [-0.05, 0) is 23.8 Å². The topological polar surface area (TPSA) is 63.1 Å². The number of fused-ring (bicyclic) bond motifs is 1. The number of carbonyl (C=O) groups is 1. The van der Waals surface area contributed by atoms with Crippen LogP contribution >= 0.6 is 11.3 Å². The second-order valence-electron chi connectivity index (χ2n) is 6.33. The van der Waals surface area contributed by atoms with Gasteiger partial charge in [0.15, 0.2) is 5.82 Å². The molecule has 1 N–H and O–H groups in total. The number of thiophene rings is 1. The molecule has 1 aliphatic rings. The van der Waals surface area contributed by atoms with Gasteiger partial charge in [-0.25, -0.2) is 4.79 Å². The summed E-state index contributed by atoms with van der Waals surface area (Å²) in [5.41, 5.74) is 0. The summed E-state index contributed by atoms with van der Waals surface area (Å²) >= 11 is 1.68. The van der Waals surface area contributed by atoms with E-state index < -0.39 is 0 Å². The number of nitrogens with one attached hydrogen (secondary N) is 1. The Morgan fingerprint density at radius 3 is 3.00 bits per heavy atom. The predicted octanol–water partition coefficient (Wildman–Crippen LogP) is 2.82. The number of amides is 2. The first-order valence-corrected chi connectivity index (χ1v) is 8.90. The van der Waals surface area contributed by atoms with Crippen molar-refractivity contribution in [3.63, 3.8) is 0 Å². The summed E-state index contributed by atoms with van der Waals surface area (Å²) in [6.45, 7) is 5.68. The lowest BCUT2D eigenvalue weighted by Crippen LogP contribution is -2.40. The maximum Gasteiger partial charge on any atom is 0.318 e. The average molecular weight is 333 g/mol. The second kappa shape index (κ2) is 6.70. The van der Waals surface area contributed by atoms with Gasteiger partial charge in [0.05, 0.1) is 12.6 Å². The quantitative estimate of drug-likeness (QED) is 0.915.